The van der Waals surface area contributed by atoms with Gasteiger partial charge in [-0.1, -0.05) is 54.1 Å². The molecule has 7 nitrogen and oxygen atoms in total. The van der Waals surface area contributed by atoms with Gasteiger partial charge in [0.15, 0.2) is 0 Å². The monoisotopic (exact) mass is 609 g/mol. The molecule has 0 fully saturated rings. The van der Waals surface area contributed by atoms with E-state index in [1.165, 1.54) is 36.1 Å². The lowest BCUT2D eigenvalue weighted by molar-refractivity contribution is -0.139. The predicted octanol–water partition coefficient (Wildman–Crippen LogP) is 5.80. The molecule has 0 aliphatic rings. The van der Waals surface area contributed by atoms with Crippen molar-refractivity contribution >= 4 is 39.1 Å². The zero-order valence-corrected chi connectivity index (χ0v) is 24.5. The highest BCUT2D eigenvalue weighted by Crippen LogP contribution is 2.37. The molecule has 2 amide bonds. The van der Waals surface area contributed by atoms with Crippen molar-refractivity contribution in [1.29, 1.82) is 0 Å². The summed E-state index contributed by atoms with van der Waals surface area (Å²) >= 11 is 6.26. The Labute approximate surface area is 243 Å². The Hall–Kier alpha value is -3.57. The van der Waals surface area contributed by atoms with Gasteiger partial charge < -0.3 is 10.2 Å². The zero-order chi connectivity index (χ0) is 30.5. The molecule has 0 saturated carbocycles. The van der Waals surface area contributed by atoms with Gasteiger partial charge in [0, 0.05) is 12.6 Å². The summed E-state index contributed by atoms with van der Waals surface area (Å²) in [6.45, 7) is 5.87. The van der Waals surface area contributed by atoms with Crippen LogP contribution in [0.2, 0.25) is 5.02 Å². The summed E-state index contributed by atoms with van der Waals surface area (Å²) in [6, 6.07) is 15.1. The second-order valence-electron chi connectivity index (χ2n) is 9.78. The third kappa shape index (κ3) is 7.80. The van der Waals surface area contributed by atoms with Crippen molar-refractivity contribution in [1.82, 2.24) is 10.2 Å². The Morgan fingerprint density at radius 1 is 0.951 bits per heavy atom. The van der Waals surface area contributed by atoms with Gasteiger partial charge in [0.1, 0.15) is 12.6 Å². The number of carbonyl (C=O) groups excluding carboxylic acids is 2. The molecule has 0 aliphatic heterocycles. The fraction of sp³-hybridized carbons (Fsp3) is 0.310. The number of halogens is 4. The fourth-order valence-corrected chi connectivity index (χ4v) is 5.79. The van der Waals surface area contributed by atoms with Gasteiger partial charge in [-0.05, 0) is 69.2 Å². The van der Waals surface area contributed by atoms with E-state index in [0.717, 1.165) is 17.7 Å². The lowest BCUT2D eigenvalue weighted by Gasteiger charge is -2.33. The van der Waals surface area contributed by atoms with E-state index in [9.17, 15) is 31.2 Å². The molecular formula is C29H31ClF3N3O4S. The Balaban J connectivity index is 2.14. The zero-order valence-electron chi connectivity index (χ0n) is 22.9. The van der Waals surface area contributed by atoms with Crippen LogP contribution in [0.25, 0.3) is 0 Å². The fourth-order valence-electron chi connectivity index (χ4n) is 4.07. The molecule has 3 aromatic carbocycles. The van der Waals surface area contributed by atoms with E-state index >= 15 is 0 Å². The predicted molar refractivity (Wildman–Crippen MR) is 152 cm³/mol. The molecule has 0 radical (unpaired) electrons. The molecule has 12 heteroatoms. The van der Waals surface area contributed by atoms with Crippen LogP contribution in [0.4, 0.5) is 18.9 Å². The summed E-state index contributed by atoms with van der Waals surface area (Å²) in [4.78, 5) is 27.8. The van der Waals surface area contributed by atoms with Crippen molar-refractivity contribution in [2.75, 3.05) is 10.8 Å². The van der Waals surface area contributed by atoms with E-state index in [1.807, 2.05) is 19.1 Å². The third-order valence-electron chi connectivity index (χ3n) is 6.35. The van der Waals surface area contributed by atoms with Crippen molar-refractivity contribution in [3.8, 4) is 0 Å². The van der Waals surface area contributed by atoms with Gasteiger partial charge in [-0.25, -0.2) is 8.42 Å². The average molecular weight is 610 g/mol. The summed E-state index contributed by atoms with van der Waals surface area (Å²) < 4.78 is 69.0. The maximum Gasteiger partial charge on any atom is 0.416 e. The number of benzene rings is 3. The highest BCUT2D eigenvalue weighted by atomic mass is 35.5. The lowest BCUT2D eigenvalue weighted by Crippen LogP contribution is -2.52. The van der Waals surface area contributed by atoms with Crippen molar-refractivity contribution < 1.29 is 31.2 Å². The number of hydrogen-bond donors (Lipinski definition) is 1. The molecule has 1 atom stereocenters. The van der Waals surface area contributed by atoms with Crippen LogP contribution in [0.15, 0.2) is 77.7 Å². The van der Waals surface area contributed by atoms with E-state index in [-0.39, 0.29) is 22.5 Å². The van der Waals surface area contributed by atoms with E-state index in [4.69, 9.17) is 11.6 Å². The summed E-state index contributed by atoms with van der Waals surface area (Å²) in [5, 5.41) is 2.44. The highest BCUT2D eigenvalue weighted by molar-refractivity contribution is 7.92. The molecule has 0 unspecified atom stereocenters. The Morgan fingerprint density at radius 3 is 2.15 bits per heavy atom. The second kappa shape index (κ2) is 12.9. The number of hydrogen-bond acceptors (Lipinski definition) is 4. The maximum atomic E-state index is 13.9. The second-order valence-corrected chi connectivity index (χ2v) is 12.0. The topological polar surface area (TPSA) is 86.8 Å². The summed E-state index contributed by atoms with van der Waals surface area (Å²) in [5.74, 6) is -1.29. The average Bonchev–Trinajstić information content (AvgIpc) is 2.90. The van der Waals surface area contributed by atoms with Crippen LogP contribution >= 0.6 is 11.6 Å². The van der Waals surface area contributed by atoms with Gasteiger partial charge in [0.05, 0.1) is 21.2 Å². The Morgan fingerprint density at radius 2 is 1.56 bits per heavy atom. The van der Waals surface area contributed by atoms with Crippen molar-refractivity contribution in [3.63, 3.8) is 0 Å². The number of sulfonamides is 1. The number of amides is 2. The summed E-state index contributed by atoms with van der Waals surface area (Å²) in [6.07, 6.45) is -4.80. The molecule has 3 rings (SSSR count). The van der Waals surface area contributed by atoms with Crippen molar-refractivity contribution in [2.45, 2.75) is 57.4 Å². The number of aryl methyl sites for hydroxylation is 1. The number of nitrogens with one attached hydrogen (secondary N) is 1. The first-order valence-corrected chi connectivity index (χ1v) is 14.5. The minimum Gasteiger partial charge on any atom is -0.352 e. The van der Waals surface area contributed by atoms with Crippen LogP contribution < -0.4 is 9.62 Å². The van der Waals surface area contributed by atoms with Gasteiger partial charge in [-0.3, -0.25) is 13.9 Å². The minimum absolute atomic E-state index is 0.0479. The van der Waals surface area contributed by atoms with Gasteiger partial charge in [0.2, 0.25) is 11.8 Å². The first kappa shape index (κ1) is 32.0. The molecule has 0 saturated heterocycles. The SMILES string of the molecule is Cc1ccccc1CN(C(=O)CN(c1cc(C(F)(F)F)ccc1Cl)S(=O)(=O)c1ccccc1)[C@H](C)C(=O)NC(C)C. The molecule has 0 spiro atoms. The molecule has 3 aromatic rings. The van der Waals surface area contributed by atoms with Crippen molar-refractivity contribution in [3.05, 3.63) is 94.5 Å². The van der Waals surface area contributed by atoms with Crippen molar-refractivity contribution in [2.24, 2.45) is 0 Å². The maximum absolute atomic E-state index is 13.9. The normalized spacial score (nSPS) is 12.6. The Kier molecular flexibility index (Phi) is 10.1. The smallest absolute Gasteiger partial charge is 0.352 e. The summed E-state index contributed by atoms with van der Waals surface area (Å²) in [7, 11) is -4.58. The van der Waals surface area contributed by atoms with Gasteiger partial charge in [-0.15, -0.1) is 0 Å². The highest BCUT2D eigenvalue weighted by Gasteiger charge is 2.36. The number of carbonyl (C=O) groups is 2. The largest absolute Gasteiger partial charge is 0.416 e. The van der Waals surface area contributed by atoms with E-state index in [1.54, 1.807) is 32.0 Å². The van der Waals surface area contributed by atoms with Gasteiger partial charge >= 0.3 is 6.18 Å². The molecule has 0 aromatic heterocycles. The van der Waals surface area contributed by atoms with Crippen LogP contribution in [0, 0.1) is 6.92 Å². The van der Waals surface area contributed by atoms with E-state index in [2.05, 4.69) is 5.32 Å². The quantitative estimate of drug-likeness (QED) is 0.315. The van der Waals surface area contributed by atoms with Gasteiger partial charge in [-0.2, -0.15) is 13.2 Å². The molecule has 0 heterocycles. The molecule has 0 aliphatic carbocycles. The molecule has 1 N–H and O–H groups in total. The van der Waals surface area contributed by atoms with E-state index < -0.39 is 51.9 Å². The molecular weight excluding hydrogens is 579 g/mol. The molecule has 0 bridgehead atoms. The lowest BCUT2D eigenvalue weighted by atomic mass is 10.1. The van der Waals surface area contributed by atoms with E-state index in [0.29, 0.717) is 15.9 Å². The Bertz CT molecular complexity index is 1500. The standard InChI is InChI=1S/C29H31ClF3N3O4S/c1-19(2)34-28(38)21(4)35(17-22-11-9-8-10-20(22)3)27(37)18-36(41(39,40)24-12-6-5-7-13-24)26-16-23(29(31,32)33)14-15-25(26)30/h5-16,19,21H,17-18H2,1-4H3,(H,34,38)/t21-/m1/s1. The molecule has 220 valence electrons. The van der Waals surface area contributed by atoms with Crippen LogP contribution in [-0.2, 0) is 32.3 Å². The van der Waals surface area contributed by atoms with Crippen LogP contribution in [-0.4, -0.2) is 43.8 Å². The first-order valence-electron chi connectivity index (χ1n) is 12.7. The van der Waals surface area contributed by atoms with Crippen LogP contribution in [0.1, 0.15) is 37.5 Å². The van der Waals surface area contributed by atoms with Crippen LogP contribution in [0.5, 0.6) is 0 Å². The number of nitrogens with zero attached hydrogens (tertiary/aromatic N) is 2. The van der Waals surface area contributed by atoms with Gasteiger partial charge in [0.25, 0.3) is 10.0 Å². The third-order valence-corrected chi connectivity index (χ3v) is 8.45. The minimum atomic E-state index is -4.80. The number of anilines is 1. The number of alkyl halides is 3. The summed E-state index contributed by atoms with van der Waals surface area (Å²) in [5.41, 5.74) is -0.121. The van der Waals surface area contributed by atoms with Crippen LogP contribution in [0.3, 0.4) is 0 Å². The number of rotatable bonds is 10. The molecule has 41 heavy (non-hydrogen) atoms. The first-order chi connectivity index (χ1) is 19.1.